The van der Waals surface area contributed by atoms with Crippen LogP contribution in [-0.2, 0) is 4.79 Å². The molecule has 0 aliphatic rings. The van der Waals surface area contributed by atoms with Gasteiger partial charge in [0.15, 0.2) is 12.4 Å². The number of benzene rings is 1. The van der Waals surface area contributed by atoms with Crippen LogP contribution in [0.1, 0.15) is 15.9 Å². The van der Waals surface area contributed by atoms with Crippen molar-refractivity contribution in [3.63, 3.8) is 0 Å². The van der Waals surface area contributed by atoms with E-state index in [2.05, 4.69) is 0 Å². The highest BCUT2D eigenvalue weighted by Gasteiger charge is 2.07. The quantitative estimate of drug-likeness (QED) is 0.608. The van der Waals surface area contributed by atoms with Crippen molar-refractivity contribution in [2.24, 2.45) is 0 Å². The van der Waals surface area contributed by atoms with Gasteiger partial charge in [0.2, 0.25) is 0 Å². The van der Waals surface area contributed by atoms with Crippen molar-refractivity contribution in [3.8, 4) is 5.75 Å². The number of hydrogen-bond acceptors (Lipinski definition) is 4. The lowest BCUT2D eigenvalue weighted by Crippen LogP contribution is -2.27. The Hall–Kier alpha value is -2.40. The van der Waals surface area contributed by atoms with Crippen LogP contribution in [0.4, 0.5) is 0 Å². The summed E-state index contributed by atoms with van der Waals surface area (Å²) in [6.45, 7) is -0.0462. The van der Waals surface area contributed by atoms with E-state index in [1.807, 2.05) is 16.8 Å². The molecule has 2 aromatic rings. The number of carbonyl (C=O) groups excluding carboxylic acids is 2. The van der Waals surface area contributed by atoms with E-state index < -0.39 is 0 Å². The normalized spacial score (nSPS) is 10.6. The fraction of sp³-hybridized carbons (Fsp3) is 0.176. The molecule has 0 N–H and O–H groups in total. The Labute approximate surface area is 133 Å². The van der Waals surface area contributed by atoms with Crippen molar-refractivity contribution >= 4 is 29.1 Å². The zero-order chi connectivity index (χ0) is 15.9. The Balaban J connectivity index is 2.01. The van der Waals surface area contributed by atoms with Crippen LogP contribution >= 0.6 is 11.3 Å². The predicted molar refractivity (Wildman–Crippen MR) is 88.3 cm³/mol. The van der Waals surface area contributed by atoms with E-state index in [0.29, 0.717) is 11.3 Å². The molecule has 0 radical (unpaired) electrons. The maximum absolute atomic E-state index is 12.1. The van der Waals surface area contributed by atoms with E-state index in [9.17, 15) is 9.59 Å². The van der Waals surface area contributed by atoms with Gasteiger partial charge in [0.25, 0.3) is 5.91 Å². The number of ether oxygens (including phenoxy) is 1. The van der Waals surface area contributed by atoms with Crippen molar-refractivity contribution in [2.75, 3.05) is 20.7 Å². The molecule has 5 heteroatoms. The summed E-state index contributed by atoms with van der Waals surface area (Å²) in [6.07, 6.45) is 3.31. The van der Waals surface area contributed by atoms with Gasteiger partial charge in [-0.3, -0.25) is 9.59 Å². The van der Waals surface area contributed by atoms with Crippen LogP contribution in [0.25, 0.3) is 6.08 Å². The van der Waals surface area contributed by atoms with E-state index in [0.717, 1.165) is 5.56 Å². The number of ketones is 1. The Bertz CT molecular complexity index is 675. The standard InChI is InChI=1S/C17H17NO3S/c1-18(2)17(20)11-21-15-5-3-4-14(10-15)16(19)7-6-13-8-9-22-12-13/h3-10,12H,11H2,1-2H3/b7-6-. The van der Waals surface area contributed by atoms with E-state index in [1.54, 1.807) is 55.8 Å². The molecule has 22 heavy (non-hydrogen) atoms. The number of likely N-dealkylation sites (N-methyl/N-ethyl adjacent to an activating group) is 1. The first-order chi connectivity index (χ1) is 10.6. The summed E-state index contributed by atoms with van der Waals surface area (Å²) in [7, 11) is 3.34. The maximum Gasteiger partial charge on any atom is 0.259 e. The van der Waals surface area contributed by atoms with E-state index in [-0.39, 0.29) is 18.3 Å². The molecule has 1 aromatic carbocycles. The third-order valence-corrected chi connectivity index (χ3v) is 3.65. The van der Waals surface area contributed by atoms with Gasteiger partial charge in [0, 0.05) is 19.7 Å². The van der Waals surface area contributed by atoms with Gasteiger partial charge in [0.05, 0.1) is 0 Å². The van der Waals surface area contributed by atoms with Crippen LogP contribution in [0.2, 0.25) is 0 Å². The smallest absolute Gasteiger partial charge is 0.259 e. The zero-order valence-electron chi connectivity index (χ0n) is 12.5. The lowest BCUT2D eigenvalue weighted by Gasteiger charge is -2.11. The molecule has 0 aliphatic carbocycles. The lowest BCUT2D eigenvalue weighted by molar-refractivity contribution is -0.130. The number of carbonyl (C=O) groups is 2. The second-order valence-corrected chi connectivity index (χ2v) is 5.64. The Morgan fingerprint density at radius 2 is 2.09 bits per heavy atom. The van der Waals surface area contributed by atoms with E-state index in [4.69, 9.17) is 4.74 Å². The molecule has 2 rings (SSSR count). The second-order valence-electron chi connectivity index (χ2n) is 4.86. The van der Waals surface area contributed by atoms with Gasteiger partial charge in [-0.2, -0.15) is 11.3 Å². The molecule has 0 aliphatic heterocycles. The molecular weight excluding hydrogens is 298 g/mol. The van der Waals surface area contributed by atoms with Gasteiger partial charge in [-0.1, -0.05) is 18.2 Å². The average molecular weight is 315 g/mol. The van der Waals surface area contributed by atoms with Crippen LogP contribution in [0, 0.1) is 0 Å². The van der Waals surface area contributed by atoms with Crippen molar-refractivity contribution in [3.05, 3.63) is 58.3 Å². The Morgan fingerprint density at radius 1 is 1.27 bits per heavy atom. The molecule has 114 valence electrons. The largest absolute Gasteiger partial charge is 0.484 e. The van der Waals surface area contributed by atoms with Gasteiger partial charge in [-0.15, -0.1) is 0 Å². The third-order valence-electron chi connectivity index (χ3n) is 2.95. The van der Waals surface area contributed by atoms with Gasteiger partial charge < -0.3 is 9.64 Å². The fourth-order valence-electron chi connectivity index (χ4n) is 1.65. The van der Waals surface area contributed by atoms with Crippen LogP contribution in [-0.4, -0.2) is 37.3 Å². The summed E-state index contributed by atoms with van der Waals surface area (Å²) in [6, 6.07) is 8.77. The minimum absolute atomic E-state index is 0.0462. The first-order valence-electron chi connectivity index (χ1n) is 6.74. The molecule has 4 nitrogen and oxygen atoms in total. The molecule has 0 atom stereocenters. The summed E-state index contributed by atoms with van der Waals surface area (Å²) >= 11 is 1.58. The van der Waals surface area contributed by atoms with Crippen LogP contribution < -0.4 is 4.74 Å². The first kappa shape index (κ1) is 16.0. The number of amides is 1. The zero-order valence-corrected chi connectivity index (χ0v) is 13.3. The number of allylic oxidation sites excluding steroid dienone is 1. The molecule has 0 bridgehead atoms. The topological polar surface area (TPSA) is 46.6 Å². The average Bonchev–Trinajstić information content (AvgIpc) is 3.03. The molecule has 1 heterocycles. The van der Waals surface area contributed by atoms with Crippen molar-refractivity contribution < 1.29 is 14.3 Å². The molecule has 0 saturated heterocycles. The van der Waals surface area contributed by atoms with Gasteiger partial charge in [0.1, 0.15) is 5.75 Å². The number of hydrogen-bond donors (Lipinski definition) is 0. The summed E-state index contributed by atoms with van der Waals surface area (Å²) in [5.41, 5.74) is 1.53. The summed E-state index contributed by atoms with van der Waals surface area (Å²) in [5.74, 6) is 0.273. The van der Waals surface area contributed by atoms with Crippen LogP contribution in [0.3, 0.4) is 0 Å². The molecular formula is C17H17NO3S. The molecule has 0 unspecified atom stereocenters. The predicted octanol–water partition coefficient (Wildman–Crippen LogP) is 3.11. The molecule has 0 fully saturated rings. The summed E-state index contributed by atoms with van der Waals surface area (Å²) in [5, 5.41) is 3.93. The van der Waals surface area contributed by atoms with Crippen molar-refractivity contribution in [1.29, 1.82) is 0 Å². The number of thiophene rings is 1. The van der Waals surface area contributed by atoms with Crippen LogP contribution in [0.5, 0.6) is 5.75 Å². The van der Waals surface area contributed by atoms with Crippen molar-refractivity contribution in [2.45, 2.75) is 0 Å². The molecule has 1 amide bonds. The minimum Gasteiger partial charge on any atom is -0.484 e. The third kappa shape index (κ3) is 4.56. The lowest BCUT2D eigenvalue weighted by atomic mass is 10.1. The maximum atomic E-state index is 12.1. The SMILES string of the molecule is CN(C)C(=O)COc1cccc(C(=O)/C=C\c2ccsc2)c1. The minimum atomic E-state index is -0.130. The highest BCUT2D eigenvalue weighted by Crippen LogP contribution is 2.15. The summed E-state index contributed by atoms with van der Waals surface area (Å²) in [4.78, 5) is 25.1. The fourth-order valence-corrected chi connectivity index (χ4v) is 2.28. The molecule has 1 aromatic heterocycles. The van der Waals surface area contributed by atoms with Gasteiger partial charge >= 0.3 is 0 Å². The monoisotopic (exact) mass is 315 g/mol. The number of nitrogens with zero attached hydrogens (tertiary/aromatic N) is 1. The second kappa shape index (κ2) is 7.56. The number of rotatable bonds is 6. The van der Waals surface area contributed by atoms with Crippen molar-refractivity contribution in [1.82, 2.24) is 4.90 Å². The summed E-state index contributed by atoms with van der Waals surface area (Å²) < 4.78 is 5.40. The molecule has 0 saturated carbocycles. The first-order valence-corrected chi connectivity index (χ1v) is 7.68. The van der Waals surface area contributed by atoms with E-state index >= 15 is 0 Å². The molecule has 0 spiro atoms. The highest BCUT2D eigenvalue weighted by atomic mass is 32.1. The Kier molecular flexibility index (Phi) is 5.49. The van der Waals surface area contributed by atoms with E-state index in [1.165, 1.54) is 11.0 Å². The Morgan fingerprint density at radius 3 is 2.77 bits per heavy atom. The van der Waals surface area contributed by atoms with Gasteiger partial charge in [-0.25, -0.2) is 0 Å². The highest BCUT2D eigenvalue weighted by molar-refractivity contribution is 7.08. The van der Waals surface area contributed by atoms with Gasteiger partial charge in [-0.05, 0) is 40.6 Å². The van der Waals surface area contributed by atoms with Crippen LogP contribution in [0.15, 0.2) is 47.2 Å².